The molecule has 0 bridgehead atoms. The number of para-hydroxylation sites is 1. The Morgan fingerprint density at radius 2 is 1.97 bits per heavy atom. The van der Waals surface area contributed by atoms with Crippen molar-refractivity contribution in [3.63, 3.8) is 0 Å². The Hall–Kier alpha value is -3.22. The number of aromatic amines is 1. The fourth-order valence-electron chi connectivity index (χ4n) is 4.43. The van der Waals surface area contributed by atoms with Gasteiger partial charge in [-0.25, -0.2) is 18.4 Å². The molecule has 8 nitrogen and oxygen atoms in total. The summed E-state index contributed by atoms with van der Waals surface area (Å²) in [7, 11) is -3.37. The van der Waals surface area contributed by atoms with Gasteiger partial charge in [-0.3, -0.25) is 0 Å². The number of hydrogen-bond acceptors (Lipinski definition) is 5. The molecule has 1 aliphatic rings. The molecule has 1 aliphatic heterocycles. The quantitative estimate of drug-likeness (QED) is 0.519. The molecule has 0 amide bonds. The van der Waals surface area contributed by atoms with Gasteiger partial charge in [0.2, 0.25) is 10.0 Å². The fraction of sp³-hybridized carbons (Fsp3) is 0.318. The van der Waals surface area contributed by atoms with Gasteiger partial charge in [-0.2, -0.15) is 9.57 Å². The van der Waals surface area contributed by atoms with Crippen molar-refractivity contribution in [3.05, 3.63) is 49.1 Å². The van der Waals surface area contributed by atoms with E-state index in [-0.39, 0.29) is 19.5 Å². The van der Waals surface area contributed by atoms with Crippen LogP contribution >= 0.6 is 0 Å². The van der Waals surface area contributed by atoms with Gasteiger partial charge in [0.25, 0.3) is 0 Å². The number of sulfonamides is 1. The van der Waals surface area contributed by atoms with E-state index in [0.717, 1.165) is 33.2 Å². The monoisotopic (exact) mass is 434 g/mol. The first kappa shape index (κ1) is 19.7. The summed E-state index contributed by atoms with van der Waals surface area (Å²) in [6, 6.07) is 12.2. The smallest absolute Gasteiger partial charge is 0.216 e. The zero-order valence-electron chi connectivity index (χ0n) is 17.3. The number of hydrogen-bond donors (Lipinski definition) is 1. The predicted octanol–water partition coefficient (Wildman–Crippen LogP) is 3.24. The van der Waals surface area contributed by atoms with Crippen LogP contribution in [0.1, 0.15) is 20.3 Å². The lowest BCUT2D eigenvalue weighted by Gasteiger charge is -2.49. The minimum Gasteiger partial charge on any atom is -0.346 e. The second-order valence-electron chi connectivity index (χ2n) is 8.31. The largest absolute Gasteiger partial charge is 0.346 e. The summed E-state index contributed by atoms with van der Waals surface area (Å²) in [5.41, 5.74) is 2.84. The Morgan fingerprint density at radius 1 is 1.19 bits per heavy atom. The van der Waals surface area contributed by atoms with Gasteiger partial charge < -0.3 is 9.55 Å². The lowest BCUT2D eigenvalue weighted by atomic mass is 9.88. The summed E-state index contributed by atoms with van der Waals surface area (Å²) in [6.45, 7) is 3.92. The molecule has 4 heterocycles. The highest BCUT2D eigenvalue weighted by Crippen LogP contribution is 2.42. The van der Waals surface area contributed by atoms with Crippen molar-refractivity contribution in [1.82, 2.24) is 23.8 Å². The van der Waals surface area contributed by atoms with Gasteiger partial charge in [-0.15, -0.1) is 0 Å². The van der Waals surface area contributed by atoms with Crippen LogP contribution in [0.15, 0.2) is 49.1 Å². The molecule has 0 radical (unpaired) electrons. The van der Waals surface area contributed by atoms with E-state index >= 15 is 0 Å². The molecule has 158 valence electrons. The van der Waals surface area contributed by atoms with E-state index in [0.29, 0.717) is 0 Å². The standard InChI is InChI=1S/C22H22N6O2S/c1-15(2)31(29,30)27-12-22(13-27,8-9-23)28-11-18(16-5-3-4-6-19(16)28)20-17-7-10-24-21(17)26-14-25-20/h3-7,10-11,14-15H,8,12-13H2,1-2H3,(H,24,25,26). The van der Waals surface area contributed by atoms with Gasteiger partial charge in [0.15, 0.2) is 0 Å². The number of aromatic nitrogens is 4. The molecule has 1 N–H and O–H groups in total. The van der Waals surface area contributed by atoms with Gasteiger partial charge >= 0.3 is 0 Å². The fourth-order valence-corrected chi connectivity index (χ4v) is 5.87. The molecule has 0 saturated carbocycles. The van der Waals surface area contributed by atoms with E-state index in [2.05, 4.69) is 25.6 Å². The molecule has 31 heavy (non-hydrogen) atoms. The summed E-state index contributed by atoms with van der Waals surface area (Å²) in [6.07, 6.45) is 5.60. The van der Waals surface area contributed by atoms with Crippen LogP contribution in [-0.4, -0.2) is 50.6 Å². The van der Waals surface area contributed by atoms with Gasteiger partial charge in [-0.05, 0) is 26.0 Å². The van der Waals surface area contributed by atoms with E-state index in [4.69, 9.17) is 0 Å². The second-order valence-corrected chi connectivity index (χ2v) is 10.8. The number of fused-ring (bicyclic) bond motifs is 2. The van der Waals surface area contributed by atoms with Crippen molar-refractivity contribution in [2.24, 2.45) is 0 Å². The highest BCUT2D eigenvalue weighted by molar-refractivity contribution is 7.89. The number of H-pyrrole nitrogens is 1. The minimum absolute atomic E-state index is 0.221. The molecule has 5 rings (SSSR count). The number of nitriles is 1. The molecule has 0 atom stereocenters. The molecule has 1 fully saturated rings. The van der Waals surface area contributed by atoms with Crippen LogP contribution in [0.4, 0.5) is 0 Å². The van der Waals surface area contributed by atoms with Crippen molar-refractivity contribution in [2.75, 3.05) is 13.1 Å². The Kier molecular flexibility index (Phi) is 4.39. The first-order valence-corrected chi connectivity index (χ1v) is 11.6. The molecule has 3 aromatic heterocycles. The summed E-state index contributed by atoms with van der Waals surface area (Å²) >= 11 is 0. The van der Waals surface area contributed by atoms with Gasteiger partial charge in [-0.1, -0.05) is 18.2 Å². The maximum absolute atomic E-state index is 12.7. The minimum atomic E-state index is -3.37. The van der Waals surface area contributed by atoms with Crippen LogP contribution in [0.2, 0.25) is 0 Å². The summed E-state index contributed by atoms with van der Waals surface area (Å²) in [5.74, 6) is 0. The van der Waals surface area contributed by atoms with E-state index in [1.807, 2.05) is 42.7 Å². The zero-order chi connectivity index (χ0) is 21.8. The lowest BCUT2D eigenvalue weighted by molar-refractivity contribution is 0.0884. The van der Waals surface area contributed by atoms with Crippen molar-refractivity contribution in [2.45, 2.75) is 31.1 Å². The van der Waals surface area contributed by atoms with Crippen LogP contribution < -0.4 is 0 Å². The van der Waals surface area contributed by atoms with E-state index < -0.39 is 20.8 Å². The summed E-state index contributed by atoms with van der Waals surface area (Å²) in [4.78, 5) is 11.9. The number of benzene rings is 1. The maximum Gasteiger partial charge on any atom is 0.216 e. The molecule has 0 spiro atoms. The first-order chi connectivity index (χ1) is 14.9. The Bertz CT molecular complexity index is 1440. The second kappa shape index (κ2) is 6.90. The van der Waals surface area contributed by atoms with Crippen LogP contribution in [0.25, 0.3) is 33.2 Å². The first-order valence-electron chi connectivity index (χ1n) is 10.1. The highest BCUT2D eigenvalue weighted by atomic mass is 32.2. The third kappa shape index (κ3) is 2.86. The van der Waals surface area contributed by atoms with Crippen molar-refractivity contribution >= 4 is 32.0 Å². The van der Waals surface area contributed by atoms with E-state index in [9.17, 15) is 13.7 Å². The van der Waals surface area contributed by atoms with Gasteiger partial charge in [0.05, 0.1) is 29.0 Å². The summed E-state index contributed by atoms with van der Waals surface area (Å²) in [5, 5.41) is 11.0. The average Bonchev–Trinajstić information content (AvgIpc) is 3.35. The highest BCUT2D eigenvalue weighted by Gasteiger charge is 2.50. The van der Waals surface area contributed by atoms with E-state index in [1.54, 1.807) is 13.8 Å². The third-order valence-corrected chi connectivity index (χ3v) is 8.31. The molecule has 4 aromatic rings. The molecule has 1 saturated heterocycles. The van der Waals surface area contributed by atoms with E-state index in [1.165, 1.54) is 10.6 Å². The van der Waals surface area contributed by atoms with Crippen molar-refractivity contribution in [3.8, 4) is 17.3 Å². The molecular formula is C22H22N6O2S. The predicted molar refractivity (Wildman–Crippen MR) is 119 cm³/mol. The van der Waals surface area contributed by atoms with Gasteiger partial charge in [0.1, 0.15) is 12.0 Å². The number of rotatable bonds is 5. The Labute approximate surface area is 180 Å². The lowest BCUT2D eigenvalue weighted by Crippen LogP contribution is -2.64. The van der Waals surface area contributed by atoms with Crippen molar-refractivity contribution < 1.29 is 8.42 Å². The van der Waals surface area contributed by atoms with Crippen LogP contribution in [-0.2, 0) is 15.6 Å². The van der Waals surface area contributed by atoms with Crippen LogP contribution in [0.5, 0.6) is 0 Å². The van der Waals surface area contributed by atoms with Gasteiger partial charge in [0, 0.05) is 47.3 Å². The SMILES string of the molecule is CC(C)S(=O)(=O)N1CC(CC#N)(n2cc(-c3ncnc4[nH]ccc34)c3ccccc32)C1. The number of nitrogens with zero attached hydrogens (tertiary/aromatic N) is 5. The molecule has 0 unspecified atom stereocenters. The third-order valence-electron chi connectivity index (χ3n) is 6.14. The molecule has 9 heteroatoms. The topological polar surface area (TPSA) is 108 Å². The maximum atomic E-state index is 12.7. The average molecular weight is 435 g/mol. The Morgan fingerprint density at radius 3 is 2.71 bits per heavy atom. The van der Waals surface area contributed by atoms with Crippen LogP contribution in [0, 0.1) is 11.3 Å². The molecule has 1 aromatic carbocycles. The van der Waals surface area contributed by atoms with Crippen LogP contribution in [0.3, 0.4) is 0 Å². The Balaban J connectivity index is 1.68. The zero-order valence-corrected chi connectivity index (χ0v) is 18.1. The number of nitrogens with one attached hydrogen (secondary N) is 1. The van der Waals surface area contributed by atoms with Crippen molar-refractivity contribution in [1.29, 1.82) is 5.26 Å². The summed E-state index contributed by atoms with van der Waals surface area (Å²) < 4.78 is 28.9. The normalized spacial score (nSPS) is 16.6. The molecular weight excluding hydrogens is 412 g/mol. The molecule has 0 aliphatic carbocycles.